The number of nitro groups is 1. The van der Waals surface area contributed by atoms with E-state index in [0.717, 1.165) is 11.8 Å². The molecule has 0 bridgehead atoms. The van der Waals surface area contributed by atoms with Crippen LogP contribution in [-0.2, 0) is 4.79 Å². The molecule has 0 radical (unpaired) electrons. The molecule has 2 aromatic carbocycles. The van der Waals surface area contributed by atoms with Gasteiger partial charge in [0.15, 0.2) is 18.1 Å². The van der Waals surface area contributed by atoms with Gasteiger partial charge in [-0.15, -0.1) is 0 Å². The van der Waals surface area contributed by atoms with Crippen molar-refractivity contribution in [2.75, 3.05) is 13.4 Å². The number of ether oxygens (including phenoxy) is 3. The van der Waals surface area contributed by atoms with E-state index in [2.05, 4.69) is 10.5 Å². The predicted octanol–water partition coefficient (Wildman–Crippen LogP) is 2.81. The van der Waals surface area contributed by atoms with E-state index in [1.165, 1.54) is 12.1 Å². The van der Waals surface area contributed by atoms with E-state index in [1.807, 2.05) is 0 Å². The molecule has 27 heavy (non-hydrogen) atoms. The van der Waals surface area contributed by atoms with Gasteiger partial charge in [-0.2, -0.15) is 5.10 Å². The SMILES string of the molecule is Cc1cc(Cl)ccc1OCC(=O)N/N=C/c1cc2c(cc1[N+](=O)[O-])OCO2. The first-order valence-electron chi connectivity index (χ1n) is 7.73. The molecule has 9 nitrogen and oxygen atoms in total. The van der Waals surface area contributed by atoms with Crippen LogP contribution in [0.25, 0.3) is 0 Å². The Balaban J connectivity index is 1.62. The summed E-state index contributed by atoms with van der Waals surface area (Å²) in [5, 5.41) is 15.5. The zero-order valence-corrected chi connectivity index (χ0v) is 14.9. The van der Waals surface area contributed by atoms with Gasteiger partial charge in [0, 0.05) is 5.02 Å². The van der Waals surface area contributed by atoms with Crippen LogP contribution < -0.4 is 19.6 Å². The Bertz CT molecular complexity index is 931. The molecule has 1 aliphatic rings. The van der Waals surface area contributed by atoms with Crippen molar-refractivity contribution >= 4 is 29.4 Å². The van der Waals surface area contributed by atoms with Gasteiger partial charge in [-0.1, -0.05) is 11.6 Å². The number of carbonyl (C=O) groups excluding carboxylic acids is 1. The van der Waals surface area contributed by atoms with Crippen molar-refractivity contribution < 1.29 is 23.9 Å². The number of amides is 1. The maximum atomic E-state index is 11.8. The third kappa shape index (κ3) is 4.45. The molecule has 1 aliphatic heterocycles. The number of nitro benzene ring substituents is 1. The maximum absolute atomic E-state index is 11.8. The van der Waals surface area contributed by atoms with Crippen LogP contribution in [0.2, 0.25) is 5.02 Å². The number of fused-ring (bicyclic) bond motifs is 1. The minimum atomic E-state index is -0.572. The van der Waals surface area contributed by atoms with Gasteiger partial charge in [0.2, 0.25) is 6.79 Å². The summed E-state index contributed by atoms with van der Waals surface area (Å²) in [6, 6.07) is 7.69. The molecule has 0 spiro atoms. The number of nitrogens with one attached hydrogen (secondary N) is 1. The lowest BCUT2D eigenvalue weighted by atomic mass is 10.1. The average molecular weight is 392 g/mol. The van der Waals surface area contributed by atoms with Gasteiger partial charge in [0.1, 0.15) is 5.75 Å². The summed E-state index contributed by atoms with van der Waals surface area (Å²) in [6.07, 6.45) is 1.16. The van der Waals surface area contributed by atoms with E-state index in [1.54, 1.807) is 25.1 Å². The average Bonchev–Trinajstić information content (AvgIpc) is 3.07. The van der Waals surface area contributed by atoms with Crippen LogP contribution in [0.15, 0.2) is 35.4 Å². The molecule has 0 unspecified atom stereocenters. The number of aryl methyl sites for hydroxylation is 1. The molecule has 0 saturated carbocycles. The summed E-state index contributed by atoms with van der Waals surface area (Å²) in [5.41, 5.74) is 2.99. The summed E-state index contributed by atoms with van der Waals surface area (Å²) < 4.78 is 15.7. The fourth-order valence-electron chi connectivity index (χ4n) is 2.33. The molecular weight excluding hydrogens is 378 g/mol. The highest BCUT2D eigenvalue weighted by Crippen LogP contribution is 2.37. The van der Waals surface area contributed by atoms with Gasteiger partial charge in [-0.25, -0.2) is 5.43 Å². The largest absolute Gasteiger partial charge is 0.483 e. The van der Waals surface area contributed by atoms with Crippen LogP contribution in [0, 0.1) is 17.0 Å². The summed E-state index contributed by atoms with van der Waals surface area (Å²) in [5.74, 6) is 0.651. The molecule has 0 aromatic heterocycles. The molecule has 1 N–H and O–H groups in total. The second kappa shape index (κ2) is 7.92. The summed E-state index contributed by atoms with van der Waals surface area (Å²) >= 11 is 5.86. The van der Waals surface area contributed by atoms with Gasteiger partial charge >= 0.3 is 0 Å². The fourth-order valence-corrected chi connectivity index (χ4v) is 2.56. The molecule has 3 rings (SSSR count). The first kappa shape index (κ1) is 18.5. The van der Waals surface area contributed by atoms with E-state index >= 15 is 0 Å². The number of hydrazone groups is 1. The Labute approximate surface area is 158 Å². The zero-order chi connectivity index (χ0) is 19.4. The molecular formula is C17H14ClN3O6. The highest BCUT2D eigenvalue weighted by Gasteiger charge is 2.22. The van der Waals surface area contributed by atoms with E-state index in [0.29, 0.717) is 16.5 Å². The number of halogens is 1. The topological polar surface area (TPSA) is 112 Å². The maximum Gasteiger partial charge on any atom is 0.282 e. The monoisotopic (exact) mass is 391 g/mol. The molecule has 1 amide bonds. The minimum Gasteiger partial charge on any atom is -0.483 e. The van der Waals surface area contributed by atoms with Crippen molar-refractivity contribution in [3.63, 3.8) is 0 Å². The first-order valence-corrected chi connectivity index (χ1v) is 8.10. The van der Waals surface area contributed by atoms with Crippen molar-refractivity contribution in [3.8, 4) is 17.2 Å². The number of hydrogen-bond donors (Lipinski definition) is 1. The van der Waals surface area contributed by atoms with Crippen LogP contribution in [0.3, 0.4) is 0 Å². The molecule has 1 heterocycles. The minimum absolute atomic E-state index is 0.00866. The number of hydrogen-bond acceptors (Lipinski definition) is 7. The molecule has 140 valence electrons. The van der Waals surface area contributed by atoms with Crippen molar-refractivity contribution in [1.29, 1.82) is 0 Å². The summed E-state index contributed by atoms with van der Waals surface area (Å²) in [7, 11) is 0. The van der Waals surface area contributed by atoms with Gasteiger partial charge in [-0.05, 0) is 36.8 Å². The number of rotatable bonds is 6. The Morgan fingerprint density at radius 2 is 2.11 bits per heavy atom. The standard InChI is InChI=1S/C17H14ClN3O6/c1-10-4-12(18)2-3-14(10)25-8-17(22)20-19-7-11-5-15-16(27-9-26-15)6-13(11)21(23)24/h2-7H,8-9H2,1H3,(H,20,22)/b19-7+. The Morgan fingerprint density at radius 1 is 1.37 bits per heavy atom. The Hall–Kier alpha value is -3.33. The molecule has 0 saturated heterocycles. The van der Waals surface area contributed by atoms with Crippen molar-refractivity contribution in [1.82, 2.24) is 5.43 Å². The van der Waals surface area contributed by atoms with Gasteiger partial charge in [0.05, 0.1) is 22.8 Å². The lowest BCUT2D eigenvalue weighted by Crippen LogP contribution is -2.24. The number of benzene rings is 2. The predicted molar refractivity (Wildman–Crippen MR) is 96.6 cm³/mol. The fraction of sp³-hybridized carbons (Fsp3) is 0.176. The van der Waals surface area contributed by atoms with Gasteiger partial charge in [0.25, 0.3) is 11.6 Å². The Morgan fingerprint density at radius 3 is 2.81 bits per heavy atom. The van der Waals surface area contributed by atoms with E-state index in [9.17, 15) is 14.9 Å². The smallest absolute Gasteiger partial charge is 0.282 e. The molecule has 2 aromatic rings. The molecule has 10 heteroatoms. The van der Waals surface area contributed by atoms with E-state index < -0.39 is 10.8 Å². The van der Waals surface area contributed by atoms with Crippen LogP contribution in [0.1, 0.15) is 11.1 Å². The second-order valence-corrected chi connectivity index (χ2v) is 5.95. The zero-order valence-electron chi connectivity index (χ0n) is 14.1. The Kier molecular flexibility index (Phi) is 5.41. The normalized spacial score (nSPS) is 12.2. The quantitative estimate of drug-likeness (QED) is 0.460. The lowest BCUT2D eigenvalue weighted by molar-refractivity contribution is -0.385. The summed E-state index contributed by atoms with van der Waals surface area (Å²) in [6.45, 7) is 1.52. The number of nitrogens with zero attached hydrogens (tertiary/aromatic N) is 2. The third-order valence-corrected chi connectivity index (χ3v) is 3.84. The molecule has 0 atom stereocenters. The van der Waals surface area contributed by atoms with Gasteiger partial charge < -0.3 is 14.2 Å². The van der Waals surface area contributed by atoms with Gasteiger partial charge in [-0.3, -0.25) is 14.9 Å². The number of carbonyl (C=O) groups is 1. The lowest BCUT2D eigenvalue weighted by Gasteiger charge is -2.08. The van der Waals surface area contributed by atoms with E-state index in [-0.39, 0.29) is 30.4 Å². The summed E-state index contributed by atoms with van der Waals surface area (Å²) in [4.78, 5) is 22.4. The van der Waals surface area contributed by atoms with Crippen molar-refractivity contribution in [3.05, 3.63) is 56.6 Å². The highest BCUT2D eigenvalue weighted by atomic mass is 35.5. The highest BCUT2D eigenvalue weighted by molar-refractivity contribution is 6.30. The van der Waals surface area contributed by atoms with E-state index in [4.69, 9.17) is 25.8 Å². The third-order valence-electron chi connectivity index (χ3n) is 3.61. The second-order valence-electron chi connectivity index (χ2n) is 5.51. The van der Waals surface area contributed by atoms with Crippen molar-refractivity contribution in [2.45, 2.75) is 6.92 Å². The van der Waals surface area contributed by atoms with Crippen LogP contribution >= 0.6 is 11.6 Å². The first-order chi connectivity index (χ1) is 12.9. The van der Waals surface area contributed by atoms with Crippen LogP contribution in [0.4, 0.5) is 5.69 Å². The van der Waals surface area contributed by atoms with Crippen LogP contribution in [0.5, 0.6) is 17.2 Å². The van der Waals surface area contributed by atoms with Crippen molar-refractivity contribution in [2.24, 2.45) is 5.10 Å². The molecule has 0 aliphatic carbocycles. The van der Waals surface area contributed by atoms with Crippen LogP contribution in [-0.4, -0.2) is 30.4 Å². The molecule has 0 fully saturated rings.